The fourth-order valence-electron chi connectivity index (χ4n) is 3.56. The number of aromatic nitrogens is 3. The van der Waals surface area contributed by atoms with Crippen molar-refractivity contribution >= 4 is 35.1 Å². The number of halogens is 3. The number of benzene rings is 1. The topological polar surface area (TPSA) is 139 Å². The highest BCUT2D eigenvalue weighted by atomic mass is 19.4. The summed E-state index contributed by atoms with van der Waals surface area (Å²) < 4.78 is 50.9. The maximum absolute atomic E-state index is 13.5. The van der Waals surface area contributed by atoms with Crippen LogP contribution in [-0.2, 0) is 22.2 Å². The normalized spacial score (nSPS) is 15.0. The summed E-state index contributed by atoms with van der Waals surface area (Å²) in [5.41, 5.74) is -0.751. The van der Waals surface area contributed by atoms with Gasteiger partial charge >= 0.3 is 12.3 Å². The van der Waals surface area contributed by atoms with Crippen LogP contribution in [0.15, 0.2) is 48.8 Å². The minimum absolute atomic E-state index is 0.0861. The third-order valence-corrected chi connectivity index (χ3v) is 5.35. The minimum Gasteiger partial charge on any atom is -0.443 e. The molecule has 1 aliphatic rings. The number of carbonyl (C=O) groups excluding carboxylic acids is 2. The van der Waals surface area contributed by atoms with Crippen molar-refractivity contribution in [2.24, 2.45) is 0 Å². The number of alkyl halides is 3. The molecule has 2 amide bonds. The second kappa shape index (κ2) is 11.7. The van der Waals surface area contributed by atoms with E-state index >= 15 is 0 Å². The number of hydrogen-bond acceptors (Lipinski definition) is 9. The van der Waals surface area contributed by atoms with E-state index in [1.54, 1.807) is 19.3 Å². The first-order valence-corrected chi connectivity index (χ1v) is 11.5. The zero-order valence-electron chi connectivity index (χ0n) is 20.1. The highest BCUT2D eigenvalue weighted by Crippen LogP contribution is 2.34. The molecular formula is C24H24F3N7O4. The molecule has 0 aliphatic carbocycles. The van der Waals surface area contributed by atoms with Gasteiger partial charge in [-0.15, -0.1) is 0 Å². The number of pyridine rings is 1. The van der Waals surface area contributed by atoms with Gasteiger partial charge in [0.25, 0.3) is 5.91 Å². The standard InChI is InChI=1S/C24H24F3N7O4/c1-28-22-30-7-4-15(33-22)12-31-20-19(3-2-6-29-20)21(35)32-16-9-14(24(25,26)27)10-17(11-16)34-23(36)38-18-5-8-37-13-18/h2-4,6-7,9-11,18H,5,8,12-13H2,1H3,(H,29,31)(H,32,35)(H,34,36)(H,28,30,33)/t18-/m0/s1. The predicted octanol–water partition coefficient (Wildman–Crippen LogP) is 4.13. The number of carbonyl (C=O) groups is 2. The van der Waals surface area contributed by atoms with Crippen molar-refractivity contribution in [2.75, 3.05) is 41.5 Å². The fourth-order valence-corrected chi connectivity index (χ4v) is 3.56. The van der Waals surface area contributed by atoms with Gasteiger partial charge in [-0.05, 0) is 36.4 Å². The van der Waals surface area contributed by atoms with E-state index in [0.29, 0.717) is 24.7 Å². The molecule has 0 bridgehead atoms. The van der Waals surface area contributed by atoms with Gasteiger partial charge in [0.15, 0.2) is 0 Å². The Morgan fingerprint density at radius 3 is 2.61 bits per heavy atom. The summed E-state index contributed by atoms with van der Waals surface area (Å²) in [5, 5.41) is 10.6. The highest BCUT2D eigenvalue weighted by molar-refractivity contribution is 6.07. The van der Waals surface area contributed by atoms with Crippen LogP contribution in [0.2, 0.25) is 0 Å². The number of amides is 2. The van der Waals surface area contributed by atoms with Crippen molar-refractivity contribution < 1.29 is 32.2 Å². The Kier molecular flexibility index (Phi) is 8.21. The van der Waals surface area contributed by atoms with Crippen molar-refractivity contribution in [3.05, 3.63) is 65.6 Å². The van der Waals surface area contributed by atoms with Gasteiger partial charge in [0.05, 0.1) is 36.6 Å². The van der Waals surface area contributed by atoms with Gasteiger partial charge in [0, 0.05) is 37.2 Å². The predicted molar refractivity (Wildman–Crippen MR) is 132 cm³/mol. The van der Waals surface area contributed by atoms with Crippen LogP contribution in [-0.4, -0.2) is 53.3 Å². The molecule has 1 saturated heterocycles. The van der Waals surface area contributed by atoms with E-state index in [2.05, 4.69) is 36.2 Å². The Morgan fingerprint density at radius 1 is 1.11 bits per heavy atom. The molecule has 1 atom stereocenters. The maximum atomic E-state index is 13.5. The zero-order chi connectivity index (χ0) is 27.1. The highest BCUT2D eigenvalue weighted by Gasteiger charge is 2.32. The van der Waals surface area contributed by atoms with Gasteiger partial charge in [-0.3, -0.25) is 10.1 Å². The van der Waals surface area contributed by atoms with Crippen LogP contribution in [0.25, 0.3) is 0 Å². The summed E-state index contributed by atoms with van der Waals surface area (Å²) in [6.07, 6.45) is -2.62. The van der Waals surface area contributed by atoms with Crippen molar-refractivity contribution in [2.45, 2.75) is 25.2 Å². The summed E-state index contributed by atoms with van der Waals surface area (Å²) in [6.45, 7) is 0.853. The van der Waals surface area contributed by atoms with Crippen LogP contribution in [0.1, 0.15) is 28.0 Å². The molecule has 4 rings (SSSR count). The van der Waals surface area contributed by atoms with Gasteiger partial charge in [0.1, 0.15) is 11.9 Å². The van der Waals surface area contributed by atoms with Crippen LogP contribution in [0.4, 0.5) is 41.1 Å². The molecule has 200 valence electrons. The lowest BCUT2D eigenvalue weighted by molar-refractivity contribution is -0.137. The molecule has 1 fully saturated rings. The molecule has 0 spiro atoms. The zero-order valence-corrected chi connectivity index (χ0v) is 20.1. The lowest BCUT2D eigenvalue weighted by atomic mass is 10.1. The van der Waals surface area contributed by atoms with Crippen LogP contribution in [0.5, 0.6) is 0 Å². The molecule has 4 N–H and O–H groups in total. The lowest BCUT2D eigenvalue weighted by Crippen LogP contribution is -2.23. The first kappa shape index (κ1) is 26.6. The molecule has 0 saturated carbocycles. The smallest absolute Gasteiger partial charge is 0.416 e. The molecule has 3 heterocycles. The Hall–Kier alpha value is -4.46. The van der Waals surface area contributed by atoms with Crippen LogP contribution in [0.3, 0.4) is 0 Å². The summed E-state index contributed by atoms with van der Waals surface area (Å²) in [4.78, 5) is 37.7. The van der Waals surface area contributed by atoms with Gasteiger partial charge in [0.2, 0.25) is 5.95 Å². The first-order chi connectivity index (χ1) is 18.2. The Balaban J connectivity index is 1.50. The number of ether oxygens (including phenoxy) is 2. The second-order valence-electron chi connectivity index (χ2n) is 8.14. The number of rotatable bonds is 8. The summed E-state index contributed by atoms with van der Waals surface area (Å²) in [5.74, 6) is -0.102. The van der Waals surface area contributed by atoms with Crippen molar-refractivity contribution in [1.82, 2.24) is 15.0 Å². The Morgan fingerprint density at radius 2 is 1.89 bits per heavy atom. The molecular weight excluding hydrogens is 507 g/mol. The Bertz CT molecular complexity index is 1300. The monoisotopic (exact) mass is 531 g/mol. The van der Waals surface area contributed by atoms with E-state index in [0.717, 1.165) is 12.1 Å². The van der Waals surface area contributed by atoms with Crippen molar-refractivity contribution in [3.63, 3.8) is 0 Å². The largest absolute Gasteiger partial charge is 0.443 e. The minimum atomic E-state index is -4.73. The maximum Gasteiger partial charge on any atom is 0.416 e. The number of anilines is 4. The van der Waals surface area contributed by atoms with Gasteiger partial charge in [-0.25, -0.2) is 19.7 Å². The SMILES string of the molecule is CNc1nccc(CNc2ncccc2C(=O)Nc2cc(NC(=O)O[C@H]3CCOC3)cc(C(F)(F)F)c2)n1. The summed E-state index contributed by atoms with van der Waals surface area (Å²) in [7, 11) is 1.68. The molecule has 2 aromatic heterocycles. The number of nitrogens with one attached hydrogen (secondary N) is 4. The average Bonchev–Trinajstić information content (AvgIpc) is 3.40. The molecule has 14 heteroatoms. The van der Waals surface area contributed by atoms with Crippen LogP contribution in [0, 0.1) is 0 Å². The van der Waals surface area contributed by atoms with Gasteiger partial charge in [-0.2, -0.15) is 13.2 Å². The van der Waals surface area contributed by atoms with E-state index in [1.165, 1.54) is 24.4 Å². The molecule has 1 aliphatic heterocycles. The summed E-state index contributed by atoms with van der Waals surface area (Å²) in [6, 6.07) is 7.38. The average molecular weight is 531 g/mol. The number of nitrogens with zero attached hydrogens (tertiary/aromatic N) is 3. The molecule has 3 aromatic rings. The third kappa shape index (κ3) is 7.06. The molecule has 0 radical (unpaired) electrons. The number of hydrogen-bond donors (Lipinski definition) is 4. The van der Waals surface area contributed by atoms with Crippen molar-refractivity contribution in [3.8, 4) is 0 Å². The van der Waals surface area contributed by atoms with E-state index in [-0.39, 0.29) is 35.9 Å². The molecule has 38 heavy (non-hydrogen) atoms. The molecule has 1 aromatic carbocycles. The second-order valence-corrected chi connectivity index (χ2v) is 8.14. The van der Waals surface area contributed by atoms with E-state index < -0.39 is 29.8 Å². The van der Waals surface area contributed by atoms with E-state index in [1.807, 2.05) is 0 Å². The lowest BCUT2D eigenvalue weighted by Gasteiger charge is -2.16. The quantitative estimate of drug-likeness (QED) is 0.338. The third-order valence-electron chi connectivity index (χ3n) is 5.35. The summed E-state index contributed by atoms with van der Waals surface area (Å²) >= 11 is 0. The van der Waals surface area contributed by atoms with E-state index in [9.17, 15) is 22.8 Å². The van der Waals surface area contributed by atoms with Gasteiger partial charge in [-0.1, -0.05) is 0 Å². The van der Waals surface area contributed by atoms with E-state index in [4.69, 9.17) is 9.47 Å². The Labute approximate surface area is 215 Å². The van der Waals surface area contributed by atoms with Crippen molar-refractivity contribution in [1.29, 1.82) is 0 Å². The first-order valence-electron chi connectivity index (χ1n) is 11.5. The van der Waals surface area contributed by atoms with Crippen LogP contribution >= 0.6 is 0 Å². The molecule has 11 nitrogen and oxygen atoms in total. The molecule has 0 unspecified atom stereocenters. The van der Waals surface area contributed by atoms with Gasteiger partial charge < -0.3 is 25.4 Å². The van der Waals surface area contributed by atoms with Crippen LogP contribution < -0.4 is 21.3 Å². The fraction of sp³-hybridized carbons (Fsp3) is 0.292.